The highest BCUT2D eigenvalue weighted by atomic mass is 79.9. The summed E-state index contributed by atoms with van der Waals surface area (Å²) in [6.45, 7) is 0.610. The van der Waals surface area contributed by atoms with Crippen molar-refractivity contribution in [2.24, 2.45) is 0 Å². The number of imidazole rings is 1. The zero-order valence-electron chi connectivity index (χ0n) is 10.5. The van der Waals surface area contributed by atoms with Gasteiger partial charge in [-0.05, 0) is 29.8 Å². The lowest BCUT2D eigenvalue weighted by atomic mass is 10.2. The molecule has 4 nitrogen and oxygen atoms in total. The molecule has 0 saturated heterocycles. The van der Waals surface area contributed by atoms with E-state index in [-0.39, 0.29) is 0 Å². The van der Waals surface area contributed by atoms with Crippen molar-refractivity contribution >= 4 is 32.9 Å². The van der Waals surface area contributed by atoms with Gasteiger partial charge in [0.1, 0.15) is 0 Å². The summed E-state index contributed by atoms with van der Waals surface area (Å²) < 4.78 is 2.94. The molecule has 20 heavy (non-hydrogen) atoms. The quantitative estimate of drug-likeness (QED) is 0.785. The summed E-state index contributed by atoms with van der Waals surface area (Å²) >= 11 is 3.53. The molecule has 0 aliphatic rings. The van der Waals surface area contributed by atoms with Crippen LogP contribution in [0.15, 0.2) is 46.9 Å². The summed E-state index contributed by atoms with van der Waals surface area (Å²) in [4.78, 5) is 4.33. The summed E-state index contributed by atoms with van der Waals surface area (Å²) in [5.41, 5.74) is 9.38. The minimum absolute atomic E-state index is 0.450. The van der Waals surface area contributed by atoms with Crippen molar-refractivity contribution in [3.8, 4) is 6.07 Å². The zero-order valence-corrected chi connectivity index (χ0v) is 12.1. The third-order valence-electron chi connectivity index (χ3n) is 3.19. The van der Waals surface area contributed by atoms with Crippen LogP contribution in [0.25, 0.3) is 11.0 Å². The molecule has 0 unspecified atom stereocenters. The first kappa shape index (κ1) is 12.7. The van der Waals surface area contributed by atoms with Crippen LogP contribution in [0.4, 0.5) is 5.95 Å². The predicted molar refractivity (Wildman–Crippen MR) is 82.1 cm³/mol. The topological polar surface area (TPSA) is 67.6 Å². The van der Waals surface area contributed by atoms with Gasteiger partial charge in [-0.25, -0.2) is 4.98 Å². The molecule has 0 aliphatic heterocycles. The van der Waals surface area contributed by atoms with Crippen molar-refractivity contribution in [3.63, 3.8) is 0 Å². The highest BCUT2D eigenvalue weighted by Crippen LogP contribution is 2.23. The molecule has 0 aliphatic carbocycles. The number of nitrogens with zero attached hydrogens (tertiary/aromatic N) is 3. The molecule has 0 amide bonds. The van der Waals surface area contributed by atoms with Crippen LogP contribution in [0.5, 0.6) is 0 Å². The Morgan fingerprint density at radius 2 is 2.05 bits per heavy atom. The van der Waals surface area contributed by atoms with Crippen LogP contribution in [0.3, 0.4) is 0 Å². The van der Waals surface area contributed by atoms with E-state index in [0.29, 0.717) is 18.1 Å². The lowest BCUT2D eigenvalue weighted by Crippen LogP contribution is -2.05. The van der Waals surface area contributed by atoms with E-state index in [1.54, 1.807) is 6.07 Å². The Kier molecular flexibility index (Phi) is 3.17. The SMILES string of the molecule is N#Cc1ccc2nc(N)n(Cc3ccccc3Br)c2c1. The normalized spacial score (nSPS) is 10.6. The van der Waals surface area contributed by atoms with Gasteiger partial charge in [-0.3, -0.25) is 0 Å². The molecule has 0 bridgehead atoms. The van der Waals surface area contributed by atoms with Gasteiger partial charge in [-0.2, -0.15) is 5.26 Å². The van der Waals surface area contributed by atoms with Crippen LogP contribution in [0.2, 0.25) is 0 Å². The Hall–Kier alpha value is -2.32. The molecule has 2 N–H and O–H groups in total. The van der Waals surface area contributed by atoms with Gasteiger partial charge in [0.25, 0.3) is 0 Å². The number of benzene rings is 2. The van der Waals surface area contributed by atoms with E-state index in [1.165, 1.54) is 0 Å². The molecule has 0 fully saturated rings. The Balaban J connectivity index is 2.14. The highest BCUT2D eigenvalue weighted by Gasteiger charge is 2.10. The highest BCUT2D eigenvalue weighted by molar-refractivity contribution is 9.10. The monoisotopic (exact) mass is 326 g/mol. The predicted octanol–water partition coefficient (Wildman–Crippen LogP) is 3.30. The lowest BCUT2D eigenvalue weighted by Gasteiger charge is -2.08. The second-order valence-electron chi connectivity index (χ2n) is 4.46. The van der Waals surface area contributed by atoms with Crippen LogP contribution < -0.4 is 5.73 Å². The fourth-order valence-corrected chi connectivity index (χ4v) is 2.58. The average molecular weight is 327 g/mol. The van der Waals surface area contributed by atoms with Crippen LogP contribution in [-0.4, -0.2) is 9.55 Å². The molecular weight excluding hydrogens is 316 g/mol. The molecule has 1 heterocycles. The van der Waals surface area contributed by atoms with Crippen LogP contribution in [0.1, 0.15) is 11.1 Å². The number of fused-ring (bicyclic) bond motifs is 1. The maximum absolute atomic E-state index is 9.01. The first-order valence-electron chi connectivity index (χ1n) is 6.08. The van der Waals surface area contributed by atoms with Crippen molar-refractivity contribution in [1.82, 2.24) is 9.55 Å². The van der Waals surface area contributed by atoms with Crippen molar-refractivity contribution in [1.29, 1.82) is 5.26 Å². The molecule has 0 spiro atoms. The standard InChI is InChI=1S/C15H11BrN4/c16-12-4-2-1-3-11(12)9-20-14-7-10(8-17)5-6-13(14)19-15(20)18/h1-7H,9H2,(H2,18,19). The van der Waals surface area contributed by atoms with Gasteiger partial charge in [0, 0.05) is 4.47 Å². The number of hydrogen-bond donors (Lipinski definition) is 1. The number of anilines is 1. The van der Waals surface area contributed by atoms with E-state index >= 15 is 0 Å². The molecule has 1 aromatic heterocycles. The minimum atomic E-state index is 0.450. The van der Waals surface area contributed by atoms with E-state index < -0.39 is 0 Å². The van der Waals surface area contributed by atoms with Crippen LogP contribution >= 0.6 is 15.9 Å². The minimum Gasteiger partial charge on any atom is -0.369 e. The van der Waals surface area contributed by atoms with Gasteiger partial charge in [-0.15, -0.1) is 0 Å². The van der Waals surface area contributed by atoms with Gasteiger partial charge >= 0.3 is 0 Å². The Morgan fingerprint density at radius 3 is 2.80 bits per heavy atom. The Bertz CT molecular complexity index is 829. The van der Waals surface area contributed by atoms with E-state index in [0.717, 1.165) is 21.1 Å². The number of hydrogen-bond acceptors (Lipinski definition) is 3. The fourth-order valence-electron chi connectivity index (χ4n) is 2.17. The molecule has 0 saturated carbocycles. The van der Waals surface area contributed by atoms with E-state index in [9.17, 15) is 0 Å². The fraction of sp³-hybridized carbons (Fsp3) is 0.0667. The van der Waals surface area contributed by atoms with Crippen molar-refractivity contribution < 1.29 is 0 Å². The maximum atomic E-state index is 9.01. The lowest BCUT2D eigenvalue weighted by molar-refractivity contribution is 0.834. The smallest absolute Gasteiger partial charge is 0.201 e. The number of halogens is 1. The molecular formula is C15H11BrN4. The number of nitrogen functional groups attached to an aromatic ring is 1. The Morgan fingerprint density at radius 1 is 1.25 bits per heavy atom. The summed E-state index contributed by atoms with van der Waals surface area (Å²) in [5, 5.41) is 9.01. The van der Waals surface area contributed by atoms with E-state index in [1.807, 2.05) is 41.0 Å². The van der Waals surface area contributed by atoms with Crippen LogP contribution in [0, 0.1) is 11.3 Å². The van der Waals surface area contributed by atoms with Gasteiger partial charge in [0.2, 0.25) is 5.95 Å². The van der Waals surface area contributed by atoms with Crippen molar-refractivity contribution in [2.75, 3.05) is 5.73 Å². The largest absolute Gasteiger partial charge is 0.369 e. The average Bonchev–Trinajstić information content (AvgIpc) is 2.77. The first-order valence-corrected chi connectivity index (χ1v) is 6.87. The van der Waals surface area contributed by atoms with E-state index in [4.69, 9.17) is 11.0 Å². The molecule has 0 atom stereocenters. The van der Waals surface area contributed by atoms with Crippen molar-refractivity contribution in [2.45, 2.75) is 6.54 Å². The number of aromatic nitrogens is 2. The summed E-state index contributed by atoms with van der Waals surface area (Å²) in [6.07, 6.45) is 0. The third kappa shape index (κ3) is 2.15. The molecule has 2 aromatic carbocycles. The summed E-state index contributed by atoms with van der Waals surface area (Å²) in [6, 6.07) is 15.5. The first-order chi connectivity index (χ1) is 9.69. The number of nitriles is 1. The second-order valence-corrected chi connectivity index (χ2v) is 5.32. The molecule has 98 valence electrons. The maximum Gasteiger partial charge on any atom is 0.201 e. The molecule has 3 aromatic rings. The number of nitrogens with two attached hydrogens (primary N) is 1. The van der Waals surface area contributed by atoms with Gasteiger partial charge in [0.05, 0.1) is 29.2 Å². The Labute approximate surface area is 124 Å². The van der Waals surface area contributed by atoms with E-state index in [2.05, 4.69) is 27.0 Å². The molecule has 0 radical (unpaired) electrons. The number of rotatable bonds is 2. The van der Waals surface area contributed by atoms with Crippen LogP contribution in [-0.2, 0) is 6.54 Å². The summed E-state index contributed by atoms with van der Waals surface area (Å²) in [5.74, 6) is 0.450. The molecule has 5 heteroatoms. The summed E-state index contributed by atoms with van der Waals surface area (Å²) in [7, 11) is 0. The zero-order chi connectivity index (χ0) is 14.1. The molecule has 3 rings (SSSR count). The second kappa shape index (κ2) is 4.99. The third-order valence-corrected chi connectivity index (χ3v) is 3.97. The van der Waals surface area contributed by atoms with Gasteiger partial charge < -0.3 is 10.3 Å². The van der Waals surface area contributed by atoms with Crippen molar-refractivity contribution in [3.05, 3.63) is 58.1 Å². The van der Waals surface area contributed by atoms with Gasteiger partial charge in [0.15, 0.2) is 0 Å². The van der Waals surface area contributed by atoms with Gasteiger partial charge in [-0.1, -0.05) is 34.1 Å².